The minimum absolute atomic E-state index is 0.112. The monoisotopic (exact) mass is 265 g/mol. The van der Waals surface area contributed by atoms with Crippen LogP contribution >= 0.6 is 11.6 Å². The standard InChI is InChI=1S/C13H16ClN3O/c1-3-18-12-6-4-11(5-7-12)8-17-9-13(10(2)14)15-16-17/h4-7,9-10H,3,8H2,1-2H3. The summed E-state index contributed by atoms with van der Waals surface area (Å²) in [6, 6.07) is 7.97. The summed E-state index contributed by atoms with van der Waals surface area (Å²) in [5, 5.41) is 7.95. The first-order valence-corrected chi connectivity index (χ1v) is 6.38. The number of alkyl halides is 1. The zero-order chi connectivity index (χ0) is 13.0. The molecule has 0 saturated carbocycles. The molecule has 1 aromatic heterocycles. The largest absolute Gasteiger partial charge is 0.494 e. The van der Waals surface area contributed by atoms with Gasteiger partial charge in [-0.2, -0.15) is 0 Å². The van der Waals surface area contributed by atoms with Crippen molar-refractivity contribution in [3.63, 3.8) is 0 Å². The molecule has 0 spiro atoms. The summed E-state index contributed by atoms with van der Waals surface area (Å²) in [4.78, 5) is 0. The zero-order valence-electron chi connectivity index (χ0n) is 10.5. The lowest BCUT2D eigenvalue weighted by molar-refractivity contribution is 0.340. The third-order valence-corrected chi connectivity index (χ3v) is 2.77. The van der Waals surface area contributed by atoms with E-state index in [1.807, 2.05) is 44.3 Å². The van der Waals surface area contributed by atoms with Crippen molar-refractivity contribution in [2.45, 2.75) is 25.8 Å². The highest BCUT2D eigenvalue weighted by Gasteiger charge is 2.06. The van der Waals surface area contributed by atoms with Crippen LogP contribution < -0.4 is 4.74 Å². The minimum atomic E-state index is -0.112. The topological polar surface area (TPSA) is 39.9 Å². The Morgan fingerprint density at radius 1 is 1.33 bits per heavy atom. The van der Waals surface area contributed by atoms with E-state index in [2.05, 4.69) is 10.3 Å². The van der Waals surface area contributed by atoms with Gasteiger partial charge in [-0.15, -0.1) is 16.7 Å². The molecule has 96 valence electrons. The predicted octanol–water partition coefficient (Wildman–Crippen LogP) is 3.02. The van der Waals surface area contributed by atoms with Gasteiger partial charge in [0.25, 0.3) is 0 Å². The number of hydrogen-bond acceptors (Lipinski definition) is 3. The fourth-order valence-corrected chi connectivity index (χ4v) is 1.72. The van der Waals surface area contributed by atoms with Gasteiger partial charge in [0.1, 0.15) is 11.4 Å². The van der Waals surface area contributed by atoms with E-state index < -0.39 is 0 Å². The SMILES string of the molecule is CCOc1ccc(Cn2cc(C(C)Cl)nn2)cc1. The van der Waals surface area contributed by atoms with Crippen molar-refractivity contribution in [3.05, 3.63) is 41.7 Å². The molecule has 1 unspecified atom stereocenters. The molecule has 0 aliphatic rings. The van der Waals surface area contributed by atoms with Crippen molar-refractivity contribution < 1.29 is 4.74 Å². The Morgan fingerprint density at radius 2 is 2.06 bits per heavy atom. The van der Waals surface area contributed by atoms with Gasteiger partial charge in [-0.3, -0.25) is 0 Å². The van der Waals surface area contributed by atoms with E-state index >= 15 is 0 Å². The fraction of sp³-hybridized carbons (Fsp3) is 0.385. The van der Waals surface area contributed by atoms with Gasteiger partial charge in [-0.25, -0.2) is 4.68 Å². The number of ether oxygens (including phenoxy) is 1. The summed E-state index contributed by atoms with van der Waals surface area (Å²) in [7, 11) is 0. The van der Waals surface area contributed by atoms with Gasteiger partial charge in [-0.05, 0) is 31.5 Å². The van der Waals surface area contributed by atoms with Crippen LogP contribution in [0.2, 0.25) is 0 Å². The second-order valence-electron chi connectivity index (χ2n) is 4.03. The summed E-state index contributed by atoms with van der Waals surface area (Å²) >= 11 is 5.94. The smallest absolute Gasteiger partial charge is 0.119 e. The normalized spacial score (nSPS) is 12.4. The van der Waals surface area contributed by atoms with Gasteiger partial charge in [0.15, 0.2) is 0 Å². The van der Waals surface area contributed by atoms with Crippen molar-refractivity contribution >= 4 is 11.6 Å². The molecule has 5 heteroatoms. The van der Waals surface area contributed by atoms with Crippen LogP contribution in [0.15, 0.2) is 30.5 Å². The minimum Gasteiger partial charge on any atom is -0.494 e. The molecule has 0 aliphatic heterocycles. The number of rotatable bonds is 5. The van der Waals surface area contributed by atoms with E-state index in [4.69, 9.17) is 16.3 Å². The first-order valence-electron chi connectivity index (χ1n) is 5.95. The summed E-state index contributed by atoms with van der Waals surface area (Å²) in [5.74, 6) is 0.884. The van der Waals surface area contributed by atoms with Gasteiger partial charge in [0.05, 0.1) is 24.7 Å². The molecule has 1 heterocycles. The van der Waals surface area contributed by atoms with Gasteiger partial charge in [0.2, 0.25) is 0 Å². The second kappa shape index (κ2) is 5.87. The Morgan fingerprint density at radius 3 is 2.61 bits per heavy atom. The lowest BCUT2D eigenvalue weighted by Gasteiger charge is -2.04. The van der Waals surface area contributed by atoms with Crippen molar-refractivity contribution in [1.29, 1.82) is 0 Å². The van der Waals surface area contributed by atoms with Crippen LogP contribution in [0.1, 0.15) is 30.5 Å². The van der Waals surface area contributed by atoms with Gasteiger partial charge in [-0.1, -0.05) is 17.3 Å². The molecule has 2 aromatic rings. The van der Waals surface area contributed by atoms with Crippen LogP contribution in [-0.2, 0) is 6.54 Å². The van der Waals surface area contributed by atoms with Crippen LogP contribution in [0.3, 0.4) is 0 Å². The molecular formula is C13H16ClN3O. The molecule has 4 nitrogen and oxygen atoms in total. The molecule has 1 atom stereocenters. The molecule has 0 N–H and O–H groups in total. The molecule has 18 heavy (non-hydrogen) atoms. The average Bonchev–Trinajstić information content (AvgIpc) is 2.81. The number of aromatic nitrogens is 3. The van der Waals surface area contributed by atoms with Crippen LogP contribution in [0, 0.1) is 0 Å². The highest BCUT2D eigenvalue weighted by atomic mass is 35.5. The highest BCUT2D eigenvalue weighted by Crippen LogP contribution is 2.16. The molecule has 0 bridgehead atoms. The third-order valence-electron chi connectivity index (χ3n) is 2.54. The molecular weight excluding hydrogens is 250 g/mol. The fourth-order valence-electron chi connectivity index (χ4n) is 1.62. The zero-order valence-corrected chi connectivity index (χ0v) is 11.3. The van der Waals surface area contributed by atoms with E-state index in [-0.39, 0.29) is 5.38 Å². The maximum atomic E-state index is 5.94. The Hall–Kier alpha value is -1.55. The second-order valence-corrected chi connectivity index (χ2v) is 4.69. The molecule has 0 radical (unpaired) electrons. The quantitative estimate of drug-likeness (QED) is 0.780. The Labute approximate surface area is 112 Å². The van der Waals surface area contributed by atoms with Gasteiger partial charge < -0.3 is 4.74 Å². The molecule has 0 amide bonds. The summed E-state index contributed by atoms with van der Waals surface area (Å²) in [6.07, 6.45) is 1.87. The molecule has 0 fully saturated rings. The predicted molar refractivity (Wildman–Crippen MR) is 71.0 cm³/mol. The van der Waals surface area contributed by atoms with E-state index in [1.165, 1.54) is 0 Å². The Bertz CT molecular complexity index is 493. The van der Waals surface area contributed by atoms with E-state index in [0.717, 1.165) is 17.0 Å². The van der Waals surface area contributed by atoms with E-state index in [9.17, 15) is 0 Å². The molecule has 2 rings (SSSR count). The van der Waals surface area contributed by atoms with Crippen LogP contribution in [0.4, 0.5) is 0 Å². The lowest BCUT2D eigenvalue weighted by atomic mass is 10.2. The van der Waals surface area contributed by atoms with Gasteiger partial charge in [0, 0.05) is 0 Å². The molecule has 1 aromatic carbocycles. The van der Waals surface area contributed by atoms with E-state index in [1.54, 1.807) is 4.68 Å². The highest BCUT2D eigenvalue weighted by molar-refractivity contribution is 6.20. The number of nitrogens with zero attached hydrogens (tertiary/aromatic N) is 3. The lowest BCUT2D eigenvalue weighted by Crippen LogP contribution is -2.00. The number of hydrogen-bond donors (Lipinski definition) is 0. The maximum absolute atomic E-state index is 5.94. The van der Waals surface area contributed by atoms with Crippen LogP contribution in [0.5, 0.6) is 5.75 Å². The first-order chi connectivity index (χ1) is 8.69. The maximum Gasteiger partial charge on any atom is 0.119 e. The summed E-state index contributed by atoms with van der Waals surface area (Å²) in [6.45, 7) is 5.22. The molecule has 0 saturated heterocycles. The van der Waals surface area contributed by atoms with Crippen molar-refractivity contribution in [2.24, 2.45) is 0 Å². The van der Waals surface area contributed by atoms with Crippen LogP contribution in [-0.4, -0.2) is 21.6 Å². The molecule has 0 aliphatic carbocycles. The summed E-state index contributed by atoms with van der Waals surface area (Å²) in [5.41, 5.74) is 1.94. The average molecular weight is 266 g/mol. The number of benzene rings is 1. The number of halogens is 1. The third kappa shape index (κ3) is 3.23. The Kier molecular flexibility index (Phi) is 4.20. The van der Waals surface area contributed by atoms with Crippen LogP contribution in [0.25, 0.3) is 0 Å². The Balaban J connectivity index is 2.03. The van der Waals surface area contributed by atoms with Crippen molar-refractivity contribution in [1.82, 2.24) is 15.0 Å². The van der Waals surface area contributed by atoms with Crippen molar-refractivity contribution in [2.75, 3.05) is 6.61 Å². The van der Waals surface area contributed by atoms with Crippen molar-refractivity contribution in [3.8, 4) is 5.75 Å². The van der Waals surface area contributed by atoms with E-state index in [0.29, 0.717) is 13.2 Å². The van der Waals surface area contributed by atoms with Gasteiger partial charge >= 0.3 is 0 Å². The first kappa shape index (κ1) is 12.9. The summed E-state index contributed by atoms with van der Waals surface area (Å²) < 4.78 is 7.18.